The Hall–Kier alpha value is -1.85. The van der Waals surface area contributed by atoms with Crippen LogP contribution in [0.3, 0.4) is 0 Å². The summed E-state index contributed by atoms with van der Waals surface area (Å²) >= 11 is 0. The highest BCUT2D eigenvalue weighted by Gasteiger charge is 2.08. The molecule has 0 saturated carbocycles. The topological polar surface area (TPSA) is 86.9 Å². The van der Waals surface area contributed by atoms with Gasteiger partial charge in [-0.2, -0.15) is 5.10 Å². The molecule has 0 bridgehead atoms. The summed E-state index contributed by atoms with van der Waals surface area (Å²) < 4.78 is 0. The average Bonchev–Trinajstić information content (AvgIpc) is 2.60. The number of hydrazine groups is 1. The van der Waals surface area contributed by atoms with Crippen LogP contribution in [-0.4, -0.2) is 22.0 Å². The molecule has 1 heterocycles. The van der Waals surface area contributed by atoms with Crippen LogP contribution in [0.4, 0.5) is 0 Å². The Morgan fingerprint density at radius 2 is 2.21 bits per heavy atom. The van der Waals surface area contributed by atoms with Crippen molar-refractivity contribution in [2.75, 3.05) is 0 Å². The van der Waals surface area contributed by atoms with Crippen LogP contribution in [0.15, 0.2) is 6.07 Å². The average molecular weight is 196 g/mol. The molecule has 0 aliphatic heterocycles. The number of rotatable bonds is 2. The van der Waals surface area contributed by atoms with Crippen molar-refractivity contribution in [2.45, 2.75) is 20.3 Å². The van der Waals surface area contributed by atoms with Gasteiger partial charge in [-0.3, -0.25) is 25.5 Å². The van der Waals surface area contributed by atoms with Gasteiger partial charge in [0.25, 0.3) is 5.91 Å². The van der Waals surface area contributed by atoms with Crippen molar-refractivity contribution in [1.82, 2.24) is 21.0 Å². The van der Waals surface area contributed by atoms with Gasteiger partial charge in [-0.05, 0) is 13.0 Å². The smallest absolute Gasteiger partial charge is 0.282 e. The fraction of sp³-hybridized carbons (Fsp3) is 0.375. The number of hydrogen-bond donors (Lipinski definition) is 3. The van der Waals surface area contributed by atoms with Gasteiger partial charge >= 0.3 is 0 Å². The summed E-state index contributed by atoms with van der Waals surface area (Å²) in [5, 5.41) is 6.36. The summed E-state index contributed by atoms with van der Waals surface area (Å²) in [6.07, 6.45) is 0.319. The van der Waals surface area contributed by atoms with E-state index in [0.717, 1.165) is 5.69 Å². The van der Waals surface area contributed by atoms with Crippen molar-refractivity contribution in [3.05, 3.63) is 17.5 Å². The zero-order valence-corrected chi connectivity index (χ0v) is 8.05. The number of carbonyl (C=O) groups excluding carboxylic acids is 2. The number of nitrogens with one attached hydrogen (secondary N) is 3. The minimum absolute atomic E-state index is 0.245. The molecule has 0 atom stereocenters. The van der Waals surface area contributed by atoms with Gasteiger partial charge in [-0.25, -0.2) is 0 Å². The van der Waals surface area contributed by atoms with Crippen molar-refractivity contribution in [1.29, 1.82) is 0 Å². The maximum atomic E-state index is 11.3. The van der Waals surface area contributed by atoms with Crippen LogP contribution in [-0.2, 0) is 4.79 Å². The lowest BCUT2D eigenvalue weighted by atomic mass is 10.3. The largest absolute Gasteiger partial charge is 0.290 e. The summed E-state index contributed by atoms with van der Waals surface area (Å²) in [5.74, 6) is -0.679. The van der Waals surface area contributed by atoms with Gasteiger partial charge in [0.15, 0.2) is 5.69 Å². The first kappa shape index (κ1) is 10.2. The lowest BCUT2D eigenvalue weighted by Crippen LogP contribution is -2.41. The van der Waals surface area contributed by atoms with Gasteiger partial charge in [-0.15, -0.1) is 0 Å². The zero-order valence-electron chi connectivity index (χ0n) is 8.05. The highest BCUT2D eigenvalue weighted by atomic mass is 16.2. The number of nitrogens with zero attached hydrogens (tertiary/aromatic N) is 1. The predicted octanol–water partition coefficient (Wildman–Crippen LogP) is -0.111. The first-order valence-corrected chi connectivity index (χ1v) is 4.24. The molecule has 0 fully saturated rings. The van der Waals surface area contributed by atoms with E-state index in [-0.39, 0.29) is 11.6 Å². The van der Waals surface area contributed by atoms with Gasteiger partial charge in [0.1, 0.15) is 0 Å². The molecule has 3 N–H and O–H groups in total. The van der Waals surface area contributed by atoms with Crippen LogP contribution in [0.5, 0.6) is 0 Å². The molecule has 1 aromatic rings. The van der Waals surface area contributed by atoms with Crippen molar-refractivity contribution in [3.8, 4) is 0 Å². The molecule has 1 aromatic heterocycles. The van der Waals surface area contributed by atoms with E-state index in [1.807, 2.05) is 0 Å². The minimum Gasteiger partial charge on any atom is -0.282 e. The number of amides is 2. The van der Waals surface area contributed by atoms with Crippen LogP contribution in [0, 0.1) is 6.92 Å². The molecule has 0 radical (unpaired) electrons. The number of aromatic nitrogens is 2. The molecule has 76 valence electrons. The first-order chi connectivity index (χ1) is 6.63. The quantitative estimate of drug-likeness (QED) is 0.577. The summed E-state index contributed by atoms with van der Waals surface area (Å²) in [6.45, 7) is 3.48. The monoisotopic (exact) mass is 196 g/mol. The lowest BCUT2D eigenvalue weighted by Gasteiger charge is -2.02. The second-order valence-electron chi connectivity index (χ2n) is 2.79. The van der Waals surface area contributed by atoms with E-state index in [1.54, 1.807) is 19.9 Å². The molecule has 14 heavy (non-hydrogen) atoms. The van der Waals surface area contributed by atoms with Gasteiger partial charge in [0.05, 0.1) is 0 Å². The summed E-state index contributed by atoms with van der Waals surface area (Å²) in [6, 6.07) is 1.59. The van der Waals surface area contributed by atoms with E-state index in [2.05, 4.69) is 21.0 Å². The van der Waals surface area contributed by atoms with Gasteiger partial charge in [0.2, 0.25) is 5.91 Å². The van der Waals surface area contributed by atoms with Crippen LogP contribution in [0.2, 0.25) is 0 Å². The van der Waals surface area contributed by atoms with Gasteiger partial charge in [-0.1, -0.05) is 6.92 Å². The molecule has 6 heteroatoms. The molecular formula is C8H12N4O2. The van der Waals surface area contributed by atoms with E-state index < -0.39 is 5.91 Å². The fourth-order valence-corrected chi connectivity index (χ4v) is 0.813. The van der Waals surface area contributed by atoms with E-state index in [4.69, 9.17) is 0 Å². The first-order valence-electron chi connectivity index (χ1n) is 4.24. The van der Waals surface area contributed by atoms with Crippen molar-refractivity contribution in [3.63, 3.8) is 0 Å². The maximum Gasteiger partial charge on any atom is 0.290 e. The van der Waals surface area contributed by atoms with E-state index in [0.29, 0.717) is 6.42 Å². The minimum atomic E-state index is -0.434. The van der Waals surface area contributed by atoms with Crippen molar-refractivity contribution in [2.24, 2.45) is 0 Å². The van der Waals surface area contributed by atoms with Crippen LogP contribution in [0.1, 0.15) is 29.5 Å². The fourth-order valence-electron chi connectivity index (χ4n) is 0.813. The molecule has 0 unspecified atom stereocenters. The van der Waals surface area contributed by atoms with Gasteiger partial charge in [0, 0.05) is 12.1 Å². The molecule has 0 saturated heterocycles. The third-order valence-corrected chi connectivity index (χ3v) is 1.58. The SMILES string of the molecule is CCC(=O)NNC(=O)c1cc(C)[nH]n1. The Morgan fingerprint density at radius 1 is 1.50 bits per heavy atom. The number of aromatic amines is 1. The highest BCUT2D eigenvalue weighted by molar-refractivity contribution is 5.93. The van der Waals surface area contributed by atoms with E-state index >= 15 is 0 Å². The highest BCUT2D eigenvalue weighted by Crippen LogP contribution is 1.96. The Kier molecular flexibility index (Phi) is 3.22. The van der Waals surface area contributed by atoms with Crippen LogP contribution >= 0.6 is 0 Å². The third-order valence-electron chi connectivity index (χ3n) is 1.58. The lowest BCUT2D eigenvalue weighted by molar-refractivity contribution is -0.121. The summed E-state index contributed by atoms with van der Waals surface area (Å²) in [7, 11) is 0. The predicted molar refractivity (Wildman–Crippen MR) is 49.2 cm³/mol. The normalized spacial score (nSPS) is 9.57. The van der Waals surface area contributed by atoms with Crippen molar-refractivity contribution < 1.29 is 9.59 Å². The third kappa shape index (κ3) is 2.58. The number of hydrogen-bond acceptors (Lipinski definition) is 3. The molecule has 1 rings (SSSR count). The summed E-state index contributed by atoms with van der Waals surface area (Å²) in [5.41, 5.74) is 5.53. The van der Waals surface area contributed by atoms with Gasteiger partial charge < -0.3 is 0 Å². The van der Waals surface area contributed by atoms with Crippen LogP contribution < -0.4 is 10.9 Å². The Bertz CT molecular complexity index is 345. The summed E-state index contributed by atoms with van der Waals surface area (Å²) in [4.78, 5) is 22.1. The molecule has 0 spiro atoms. The van der Waals surface area contributed by atoms with Crippen molar-refractivity contribution >= 4 is 11.8 Å². The molecule has 6 nitrogen and oxygen atoms in total. The standard InChI is InChI=1S/C8H12N4O2/c1-3-7(13)11-12-8(14)6-4-5(2)9-10-6/h4H,3H2,1-2H3,(H,9,10)(H,11,13)(H,12,14). The number of aryl methyl sites for hydroxylation is 1. The molecule has 0 aliphatic carbocycles. The Morgan fingerprint density at radius 3 is 2.71 bits per heavy atom. The maximum absolute atomic E-state index is 11.3. The number of H-pyrrole nitrogens is 1. The second-order valence-corrected chi connectivity index (χ2v) is 2.79. The Labute approximate surface area is 81.0 Å². The van der Waals surface area contributed by atoms with E-state index in [9.17, 15) is 9.59 Å². The molecule has 0 aliphatic rings. The van der Waals surface area contributed by atoms with Crippen LogP contribution in [0.25, 0.3) is 0 Å². The second kappa shape index (κ2) is 4.40. The zero-order chi connectivity index (χ0) is 10.6. The molecule has 0 aromatic carbocycles. The Balaban J connectivity index is 2.47. The molecule has 2 amide bonds. The van der Waals surface area contributed by atoms with E-state index in [1.165, 1.54) is 0 Å². The molecular weight excluding hydrogens is 184 g/mol. The number of carbonyl (C=O) groups is 2.